The van der Waals surface area contributed by atoms with Crippen LogP contribution < -0.4 is 10.4 Å². The fraction of sp³-hybridized carbons (Fsp3) is 0.517. The first-order valence-electron chi connectivity index (χ1n) is 12.7. The standard InChI is InChI=1S/C29H37NO6Si/c1-27(2,3)37(21-13-9-7-10-14-21,22-15-11-8-12-16-22)34-20-29-19-33-24(23(17-18-30)26(31)32-6)25(29)35-28(4,5)36-29/h7-16,23-25H,17,19-20H2,1-6H3/t23?,24-,25-,29-/m0/s1. The normalized spacial score (nSPS) is 25.8. The maximum absolute atomic E-state index is 12.6. The van der Waals surface area contributed by atoms with E-state index in [2.05, 4.69) is 51.1 Å². The first-order chi connectivity index (χ1) is 17.5. The van der Waals surface area contributed by atoms with E-state index in [-0.39, 0.29) is 24.7 Å². The van der Waals surface area contributed by atoms with Gasteiger partial charge in [0.05, 0.1) is 38.7 Å². The minimum atomic E-state index is -2.86. The number of nitrogens with zero attached hydrogens (tertiary/aromatic N) is 1. The molecule has 2 fully saturated rings. The molecule has 0 spiro atoms. The van der Waals surface area contributed by atoms with Gasteiger partial charge < -0.3 is 23.4 Å². The van der Waals surface area contributed by atoms with Gasteiger partial charge >= 0.3 is 5.97 Å². The highest BCUT2D eigenvalue weighted by atomic mass is 28.4. The van der Waals surface area contributed by atoms with Crippen molar-refractivity contribution >= 4 is 24.7 Å². The summed E-state index contributed by atoms with van der Waals surface area (Å²) in [7, 11) is -1.54. The molecule has 2 saturated heterocycles. The number of fused-ring (bicyclic) bond motifs is 1. The van der Waals surface area contributed by atoms with Crippen LogP contribution in [0.2, 0.25) is 5.04 Å². The van der Waals surface area contributed by atoms with Crippen molar-refractivity contribution < 1.29 is 28.2 Å². The van der Waals surface area contributed by atoms with Gasteiger partial charge in [-0.25, -0.2) is 0 Å². The molecule has 4 atom stereocenters. The molecule has 2 aliphatic rings. The summed E-state index contributed by atoms with van der Waals surface area (Å²) in [6.07, 6.45) is -1.32. The summed E-state index contributed by atoms with van der Waals surface area (Å²) < 4.78 is 31.2. The van der Waals surface area contributed by atoms with Gasteiger partial charge in [-0.05, 0) is 29.3 Å². The average molecular weight is 524 g/mol. The molecule has 0 saturated carbocycles. The Bertz CT molecular complexity index is 1090. The monoisotopic (exact) mass is 523 g/mol. The molecule has 1 unspecified atom stereocenters. The highest BCUT2D eigenvalue weighted by molar-refractivity contribution is 6.99. The third-order valence-electron chi connectivity index (χ3n) is 7.36. The molecule has 2 aromatic carbocycles. The SMILES string of the molecule is COC(=O)C(CC#N)[C@@H]1OC[C@@]2(CO[Si](c3ccccc3)(c3ccccc3)C(C)(C)C)OC(C)(C)O[C@@H]12. The number of nitriles is 1. The van der Waals surface area contributed by atoms with Crippen LogP contribution in [0.15, 0.2) is 60.7 Å². The number of methoxy groups -OCH3 is 1. The predicted octanol–water partition coefficient (Wildman–Crippen LogP) is 3.55. The summed E-state index contributed by atoms with van der Waals surface area (Å²) in [6.45, 7) is 10.8. The van der Waals surface area contributed by atoms with Gasteiger partial charge in [-0.15, -0.1) is 0 Å². The van der Waals surface area contributed by atoms with E-state index < -0.39 is 43.8 Å². The minimum Gasteiger partial charge on any atom is -0.469 e. The van der Waals surface area contributed by atoms with Gasteiger partial charge in [0, 0.05) is 0 Å². The fourth-order valence-electron chi connectivity index (χ4n) is 5.84. The summed E-state index contributed by atoms with van der Waals surface area (Å²) in [5, 5.41) is 11.5. The third kappa shape index (κ3) is 4.99. The quantitative estimate of drug-likeness (QED) is 0.386. The number of carbonyl (C=O) groups is 1. The molecule has 2 aromatic rings. The van der Waals surface area contributed by atoms with Gasteiger partial charge in [-0.3, -0.25) is 4.79 Å². The van der Waals surface area contributed by atoms with E-state index in [4.69, 9.17) is 23.4 Å². The zero-order valence-electron chi connectivity index (χ0n) is 22.5. The predicted molar refractivity (Wildman–Crippen MR) is 142 cm³/mol. The van der Waals surface area contributed by atoms with Gasteiger partial charge in [0.1, 0.15) is 17.8 Å². The molecule has 7 nitrogen and oxygen atoms in total. The lowest BCUT2D eigenvalue weighted by Gasteiger charge is -2.44. The first-order valence-corrected chi connectivity index (χ1v) is 14.6. The summed E-state index contributed by atoms with van der Waals surface area (Å²) in [5.74, 6) is -2.19. The van der Waals surface area contributed by atoms with Gasteiger partial charge in [0.2, 0.25) is 0 Å². The van der Waals surface area contributed by atoms with Gasteiger partial charge in [0.15, 0.2) is 5.79 Å². The zero-order chi connectivity index (χ0) is 26.9. The Kier molecular flexibility index (Phi) is 7.66. The number of rotatable bonds is 8. The third-order valence-corrected chi connectivity index (χ3v) is 12.3. The van der Waals surface area contributed by atoms with Crippen LogP contribution in [0, 0.1) is 17.2 Å². The Morgan fingerprint density at radius 2 is 1.68 bits per heavy atom. The molecular formula is C29H37NO6Si. The van der Waals surface area contributed by atoms with E-state index in [1.54, 1.807) is 0 Å². The topological polar surface area (TPSA) is 87.0 Å². The first kappa shape index (κ1) is 27.5. The van der Waals surface area contributed by atoms with Crippen LogP contribution in [0.4, 0.5) is 0 Å². The lowest BCUT2D eigenvalue weighted by atomic mass is 9.89. The molecule has 4 rings (SSSR count). The smallest absolute Gasteiger partial charge is 0.312 e. The molecule has 0 radical (unpaired) electrons. The molecule has 0 aromatic heterocycles. The Hall–Kier alpha value is -2.54. The molecule has 0 amide bonds. The van der Waals surface area contributed by atoms with Crippen molar-refractivity contribution in [2.75, 3.05) is 20.3 Å². The molecule has 8 heteroatoms. The van der Waals surface area contributed by atoms with E-state index in [9.17, 15) is 10.1 Å². The Balaban J connectivity index is 1.76. The number of hydrogen-bond donors (Lipinski definition) is 0. The minimum absolute atomic E-state index is 0.0384. The van der Waals surface area contributed by atoms with E-state index >= 15 is 0 Å². The lowest BCUT2D eigenvalue weighted by Crippen LogP contribution is -2.68. The van der Waals surface area contributed by atoms with Crippen LogP contribution in [0.5, 0.6) is 0 Å². The summed E-state index contributed by atoms with van der Waals surface area (Å²) >= 11 is 0. The van der Waals surface area contributed by atoms with Crippen molar-refractivity contribution in [3.05, 3.63) is 60.7 Å². The molecule has 0 aliphatic carbocycles. The number of benzene rings is 2. The second-order valence-electron chi connectivity index (χ2n) is 11.3. The number of hydrogen-bond acceptors (Lipinski definition) is 7. The Morgan fingerprint density at radius 1 is 1.11 bits per heavy atom. The van der Waals surface area contributed by atoms with Crippen LogP contribution in [0.1, 0.15) is 41.0 Å². The van der Waals surface area contributed by atoms with Crippen molar-refractivity contribution in [3.8, 4) is 6.07 Å². The van der Waals surface area contributed by atoms with Crippen molar-refractivity contribution in [2.24, 2.45) is 5.92 Å². The van der Waals surface area contributed by atoms with Crippen molar-refractivity contribution in [1.29, 1.82) is 5.26 Å². The molecule has 0 bridgehead atoms. The number of ether oxygens (including phenoxy) is 4. The molecule has 2 heterocycles. The maximum Gasteiger partial charge on any atom is 0.312 e. The molecular weight excluding hydrogens is 486 g/mol. The van der Waals surface area contributed by atoms with E-state index in [1.165, 1.54) is 7.11 Å². The van der Waals surface area contributed by atoms with Crippen molar-refractivity contribution in [1.82, 2.24) is 0 Å². The summed E-state index contributed by atoms with van der Waals surface area (Å²) in [6, 6.07) is 22.9. The molecule has 0 N–H and O–H groups in total. The van der Waals surface area contributed by atoms with Crippen LogP contribution in [-0.4, -0.2) is 58.2 Å². The van der Waals surface area contributed by atoms with Gasteiger partial charge in [-0.1, -0.05) is 81.4 Å². The fourth-order valence-corrected chi connectivity index (χ4v) is 10.5. The van der Waals surface area contributed by atoms with Crippen LogP contribution in [0.25, 0.3) is 0 Å². The Morgan fingerprint density at radius 3 is 2.16 bits per heavy atom. The van der Waals surface area contributed by atoms with Crippen LogP contribution in [-0.2, 0) is 28.2 Å². The van der Waals surface area contributed by atoms with E-state index in [0.29, 0.717) is 0 Å². The average Bonchev–Trinajstić information content (AvgIpc) is 3.33. The number of esters is 1. The highest BCUT2D eigenvalue weighted by Gasteiger charge is 2.64. The van der Waals surface area contributed by atoms with Crippen LogP contribution in [0.3, 0.4) is 0 Å². The van der Waals surface area contributed by atoms with E-state index in [0.717, 1.165) is 10.4 Å². The van der Waals surface area contributed by atoms with Gasteiger partial charge in [0.25, 0.3) is 8.32 Å². The maximum atomic E-state index is 12.6. The Labute approximate surface area is 220 Å². The highest BCUT2D eigenvalue weighted by Crippen LogP contribution is 2.47. The zero-order valence-corrected chi connectivity index (χ0v) is 23.5. The molecule has 198 valence electrons. The summed E-state index contributed by atoms with van der Waals surface area (Å²) in [5.41, 5.74) is -0.942. The van der Waals surface area contributed by atoms with E-state index in [1.807, 2.05) is 50.2 Å². The molecule has 37 heavy (non-hydrogen) atoms. The second-order valence-corrected chi connectivity index (χ2v) is 15.6. The van der Waals surface area contributed by atoms with Crippen molar-refractivity contribution in [3.63, 3.8) is 0 Å². The van der Waals surface area contributed by atoms with Crippen molar-refractivity contribution in [2.45, 2.75) is 69.7 Å². The second kappa shape index (κ2) is 10.3. The van der Waals surface area contributed by atoms with Crippen LogP contribution >= 0.6 is 0 Å². The van der Waals surface area contributed by atoms with Gasteiger partial charge in [-0.2, -0.15) is 5.26 Å². The molecule has 2 aliphatic heterocycles. The lowest BCUT2D eigenvalue weighted by molar-refractivity contribution is -0.199. The summed E-state index contributed by atoms with van der Waals surface area (Å²) in [4.78, 5) is 12.6. The number of carbonyl (C=O) groups excluding carboxylic acids is 1. The largest absolute Gasteiger partial charge is 0.469 e.